The summed E-state index contributed by atoms with van der Waals surface area (Å²) in [6, 6.07) is 46.4. The smallest absolute Gasteiger partial charge is 0.415 e. The summed E-state index contributed by atoms with van der Waals surface area (Å²) in [6.45, 7) is 17.8. The number of hydrogen-bond acceptors (Lipinski definition) is 14. The summed E-state index contributed by atoms with van der Waals surface area (Å²) >= 11 is 0. The maximum absolute atomic E-state index is 14.3. The highest BCUT2D eigenvalue weighted by Crippen LogP contribution is 2.58. The minimum absolute atomic E-state index is 0.0175. The standard InChI is InChI=1S/C83H92N5O14P/c1-51-53(3)75(93)71(55(5)73(51)91)81(7,8)49-69(89)85(11)41-43-87(13)79(97)99-58-35-38-64-67(47-58)101-68-48-59(100-80(98)88(14)44-42-86(12)70(90)50-82(9,10)72-56(6)74(92)52(2)54(4)76(72)94)36-39-65(68)83(64)66-46-57(34-37-63(66)78(96)102-83)77(95)84-40-26-15-16-27-45-103(60-28-20-17-21-29-60,61-30-22-18-23-31-61)62-32-24-19-25-33-62/h17-25,28-39,46-48,75,93H,15-16,26-27,40-45,49-50H2,1-14H3/p+1. The molecule has 103 heavy (non-hydrogen) atoms. The van der Waals surface area contributed by atoms with Gasteiger partial charge < -0.3 is 49.0 Å². The number of allylic oxidation sites excluding steroid dienone is 6. The van der Waals surface area contributed by atoms with Crippen molar-refractivity contribution in [3.63, 3.8) is 0 Å². The van der Waals surface area contributed by atoms with Gasteiger partial charge in [0.05, 0.1) is 17.8 Å². The van der Waals surface area contributed by atoms with Gasteiger partial charge in [0, 0.05) is 136 Å². The zero-order valence-corrected chi connectivity index (χ0v) is 62.3. The number of rotatable bonds is 25. The number of ether oxygens (including phenoxy) is 4. The molecule has 0 radical (unpaired) electrons. The molecule has 0 saturated carbocycles. The number of nitrogens with zero attached hydrogens (tertiary/aromatic N) is 4. The van der Waals surface area contributed by atoms with Gasteiger partial charge in [-0.05, 0) is 167 Å². The second kappa shape index (κ2) is 30.8. The molecule has 4 aliphatic rings. The Labute approximate surface area is 603 Å². The van der Waals surface area contributed by atoms with Crippen LogP contribution in [0.4, 0.5) is 9.59 Å². The lowest BCUT2D eigenvalue weighted by molar-refractivity contribution is -0.132. The third kappa shape index (κ3) is 15.2. The molecule has 19 nitrogen and oxygen atoms in total. The predicted molar refractivity (Wildman–Crippen MR) is 398 cm³/mol. The molecule has 0 fully saturated rings. The number of ketones is 3. The van der Waals surface area contributed by atoms with Crippen molar-refractivity contribution in [2.75, 3.05) is 67.1 Å². The van der Waals surface area contributed by atoms with Gasteiger partial charge in [0.15, 0.2) is 23.0 Å². The first-order chi connectivity index (χ1) is 48.8. The van der Waals surface area contributed by atoms with E-state index in [1.807, 2.05) is 13.8 Å². The molecule has 0 bridgehead atoms. The first-order valence-corrected chi connectivity index (χ1v) is 36.9. The second-order valence-electron chi connectivity index (χ2n) is 28.8. The van der Waals surface area contributed by atoms with Crippen molar-refractivity contribution in [1.82, 2.24) is 24.9 Å². The fourth-order valence-electron chi connectivity index (χ4n) is 14.6. The molecule has 2 atom stereocenters. The van der Waals surface area contributed by atoms with E-state index in [2.05, 4.69) is 96.3 Å². The van der Waals surface area contributed by atoms with Gasteiger partial charge in [-0.3, -0.25) is 28.8 Å². The molecule has 2 aliphatic heterocycles. The monoisotopic (exact) mass is 1410 g/mol. The van der Waals surface area contributed by atoms with E-state index >= 15 is 0 Å². The summed E-state index contributed by atoms with van der Waals surface area (Å²) in [7, 11) is 4.23. The third-order valence-electron chi connectivity index (χ3n) is 20.9. The fourth-order valence-corrected chi connectivity index (χ4v) is 19.0. The van der Waals surface area contributed by atoms with Crippen LogP contribution in [-0.4, -0.2) is 151 Å². The van der Waals surface area contributed by atoms with E-state index in [1.165, 1.54) is 73.9 Å². The molecule has 5 amide bonds. The summed E-state index contributed by atoms with van der Waals surface area (Å²) in [5.74, 6) is -2.01. The number of carbonyl (C=O) groups excluding carboxylic acids is 9. The third-order valence-corrected chi connectivity index (χ3v) is 25.4. The number of esters is 1. The molecule has 6 aromatic rings. The molecule has 0 saturated heterocycles. The Morgan fingerprint density at radius 1 is 0.515 bits per heavy atom. The zero-order chi connectivity index (χ0) is 74.6. The molecule has 10 rings (SSSR count). The van der Waals surface area contributed by atoms with Crippen molar-refractivity contribution in [2.24, 2.45) is 10.8 Å². The molecule has 6 aromatic carbocycles. The normalized spacial score (nSPS) is 16.6. The van der Waals surface area contributed by atoms with Gasteiger partial charge in [0.1, 0.15) is 46.2 Å². The summed E-state index contributed by atoms with van der Waals surface area (Å²) in [5.41, 5.74) is 1.16. The molecule has 0 aromatic heterocycles. The molecule has 1 spiro atoms. The molecular weight excluding hydrogens is 1320 g/mol. The van der Waals surface area contributed by atoms with Gasteiger partial charge in [0.25, 0.3) is 5.91 Å². The van der Waals surface area contributed by atoms with Crippen molar-refractivity contribution < 1.29 is 67.2 Å². The van der Waals surface area contributed by atoms with Crippen molar-refractivity contribution in [2.45, 2.75) is 119 Å². The quantitative estimate of drug-likeness (QED) is 0.0235. The number of fused-ring (bicyclic) bond motifs is 6. The minimum Gasteiger partial charge on any atom is -0.456 e. The SMILES string of the molecule is CC1=C(C)C(=O)C(C(C)(C)CC(=O)N(C)CCN(C)C(=O)Oc2ccc3c(c2)Oc2cc(OC(=O)N(C)CCN(C)C(=O)CC(C)(C)C4=C(C)C(=O)C(C)=C(C)C4O)ccc2C32OC(=O)c3ccc(C(=O)NCCCCCC[P+](c4ccccc4)(c4ccccc4)c4ccccc4)cc32)=C(C)C1=O. The lowest BCUT2D eigenvalue weighted by Crippen LogP contribution is -2.41. The molecule has 2 heterocycles. The van der Waals surface area contributed by atoms with E-state index in [-0.39, 0.29) is 108 Å². The van der Waals surface area contributed by atoms with Gasteiger partial charge in [0.2, 0.25) is 11.8 Å². The van der Waals surface area contributed by atoms with Crippen LogP contribution in [0.1, 0.15) is 145 Å². The Morgan fingerprint density at radius 2 is 0.971 bits per heavy atom. The number of hydrogen-bond donors (Lipinski definition) is 2. The van der Waals surface area contributed by atoms with Crippen LogP contribution in [0.15, 0.2) is 190 Å². The van der Waals surface area contributed by atoms with E-state index < -0.39 is 48.0 Å². The molecule has 20 heteroatoms. The van der Waals surface area contributed by atoms with Crippen LogP contribution < -0.4 is 35.4 Å². The summed E-state index contributed by atoms with van der Waals surface area (Å²) in [6.07, 6.45) is 1.85. The van der Waals surface area contributed by atoms with Crippen molar-refractivity contribution in [1.29, 1.82) is 0 Å². The van der Waals surface area contributed by atoms with Crippen LogP contribution in [0.2, 0.25) is 0 Å². The second-order valence-corrected chi connectivity index (χ2v) is 32.4. The summed E-state index contributed by atoms with van der Waals surface area (Å²) in [4.78, 5) is 129. The van der Waals surface area contributed by atoms with Gasteiger partial charge in [-0.1, -0.05) is 88.7 Å². The average molecular weight is 1420 g/mol. The molecule has 2 aliphatic carbocycles. The maximum atomic E-state index is 14.3. The average Bonchev–Trinajstić information content (AvgIpc) is 1.58. The van der Waals surface area contributed by atoms with E-state index in [1.54, 1.807) is 99.8 Å². The van der Waals surface area contributed by atoms with Gasteiger partial charge in [-0.2, -0.15) is 0 Å². The van der Waals surface area contributed by atoms with Gasteiger partial charge in [-0.25, -0.2) is 14.4 Å². The van der Waals surface area contributed by atoms with Gasteiger partial charge >= 0.3 is 18.2 Å². The summed E-state index contributed by atoms with van der Waals surface area (Å²) in [5, 5.41) is 18.3. The first kappa shape index (κ1) is 75.6. The van der Waals surface area contributed by atoms with Crippen LogP contribution >= 0.6 is 7.26 Å². The fraction of sp³-hybridized carbons (Fsp3) is 0.361. The number of nitrogens with one attached hydrogen (secondary N) is 1. The maximum Gasteiger partial charge on any atom is 0.415 e. The Kier molecular flexibility index (Phi) is 22.6. The number of benzene rings is 6. The lowest BCUT2D eigenvalue weighted by atomic mass is 9.70. The van der Waals surface area contributed by atoms with Crippen LogP contribution in [0, 0.1) is 10.8 Å². The lowest BCUT2D eigenvalue weighted by Gasteiger charge is -2.37. The molecular formula is C83H93N5O14P+. The largest absolute Gasteiger partial charge is 0.456 e. The Bertz CT molecular complexity index is 4420. The van der Waals surface area contributed by atoms with Gasteiger partial charge in [-0.15, -0.1) is 0 Å². The van der Waals surface area contributed by atoms with Crippen LogP contribution in [0.5, 0.6) is 23.0 Å². The molecule has 538 valence electrons. The number of Topliss-reactive ketones (excluding diaryl/α,β-unsaturated/α-hetero) is 3. The molecule has 2 N–H and O–H groups in total. The van der Waals surface area contributed by atoms with Crippen LogP contribution in [-0.2, 0) is 34.3 Å². The highest BCUT2D eigenvalue weighted by Gasteiger charge is 2.54. The Balaban J connectivity index is 0.848. The van der Waals surface area contributed by atoms with Crippen LogP contribution in [0.3, 0.4) is 0 Å². The Morgan fingerprint density at radius 3 is 1.48 bits per heavy atom. The summed E-state index contributed by atoms with van der Waals surface area (Å²) < 4.78 is 25.0. The number of carbonyl (C=O) groups is 9. The highest BCUT2D eigenvalue weighted by molar-refractivity contribution is 7.95. The topological polar surface area (TPSA) is 236 Å². The van der Waals surface area contributed by atoms with E-state index in [0.29, 0.717) is 67.8 Å². The number of likely N-dealkylation sites (N-methyl/N-ethyl adjacent to an activating group) is 4. The van der Waals surface area contributed by atoms with Crippen molar-refractivity contribution >= 4 is 76.4 Å². The van der Waals surface area contributed by atoms with E-state index in [4.69, 9.17) is 18.9 Å². The van der Waals surface area contributed by atoms with Crippen molar-refractivity contribution in [3.8, 4) is 23.0 Å². The molecule has 2 unspecified atom stereocenters. The number of amides is 5. The number of aliphatic hydroxyl groups is 1. The van der Waals surface area contributed by atoms with Crippen LogP contribution in [0.25, 0.3) is 0 Å². The number of unbranched alkanes of at least 4 members (excludes halogenated alkanes) is 3. The minimum atomic E-state index is -2.00. The van der Waals surface area contributed by atoms with Crippen molar-refractivity contribution in [3.05, 3.63) is 218 Å². The van der Waals surface area contributed by atoms with E-state index in [0.717, 1.165) is 31.8 Å². The highest BCUT2D eigenvalue weighted by atomic mass is 31.2. The zero-order valence-electron chi connectivity index (χ0n) is 61.4. The first-order valence-electron chi connectivity index (χ1n) is 35.0. The predicted octanol–water partition coefficient (Wildman–Crippen LogP) is 12.6. The van der Waals surface area contributed by atoms with E-state index in [9.17, 15) is 48.3 Å². The Hall–Kier alpha value is -10.1. The number of aliphatic hydroxyl groups excluding tert-OH is 1.